The van der Waals surface area contributed by atoms with Gasteiger partial charge in [-0.1, -0.05) is 12.1 Å². The van der Waals surface area contributed by atoms with Crippen LogP contribution in [0.1, 0.15) is 41.5 Å². The van der Waals surface area contributed by atoms with Crippen molar-refractivity contribution in [3.63, 3.8) is 0 Å². The Bertz CT molecular complexity index is 1280. The van der Waals surface area contributed by atoms with Crippen LogP contribution in [-0.4, -0.2) is 21.3 Å². The molecule has 1 aliphatic heterocycles. The van der Waals surface area contributed by atoms with E-state index in [0.717, 1.165) is 28.5 Å². The van der Waals surface area contributed by atoms with E-state index in [-0.39, 0.29) is 12.1 Å². The first-order chi connectivity index (χ1) is 16.5. The number of nitrogens with zero attached hydrogens (tertiary/aromatic N) is 3. The Labute approximate surface area is 206 Å². The number of benzene rings is 2. The van der Waals surface area contributed by atoms with Gasteiger partial charge in [0, 0.05) is 29.5 Å². The van der Waals surface area contributed by atoms with E-state index in [1.54, 1.807) is 0 Å². The smallest absolute Gasteiger partial charge is 0.174 e. The van der Waals surface area contributed by atoms with Gasteiger partial charge in [0.15, 0.2) is 5.11 Å². The first-order valence-electron chi connectivity index (χ1n) is 11.5. The normalized spacial score (nSPS) is 17.6. The van der Waals surface area contributed by atoms with E-state index in [0.29, 0.717) is 11.7 Å². The summed E-state index contributed by atoms with van der Waals surface area (Å²) in [5.41, 5.74) is 6.66. The van der Waals surface area contributed by atoms with Gasteiger partial charge < -0.3 is 19.5 Å². The molecule has 4 aromatic rings. The molecular weight excluding hydrogens is 440 g/mol. The molecule has 1 saturated heterocycles. The molecule has 0 unspecified atom stereocenters. The van der Waals surface area contributed by atoms with Gasteiger partial charge in [0.05, 0.1) is 18.3 Å². The molecule has 0 saturated carbocycles. The van der Waals surface area contributed by atoms with Crippen LogP contribution in [-0.2, 0) is 0 Å². The lowest BCUT2D eigenvalue weighted by atomic mass is 10.00. The molecule has 5 rings (SSSR count). The second-order valence-electron chi connectivity index (χ2n) is 8.57. The van der Waals surface area contributed by atoms with E-state index >= 15 is 0 Å². The summed E-state index contributed by atoms with van der Waals surface area (Å²) < 4.78 is 7.87. The summed E-state index contributed by atoms with van der Waals surface area (Å²) in [4.78, 5) is 6.91. The number of hydrogen-bond donors (Lipinski definition) is 1. The summed E-state index contributed by atoms with van der Waals surface area (Å²) in [5, 5.41) is 4.26. The minimum absolute atomic E-state index is 0.0785. The number of anilines is 1. The number of aryl methyl sites for hydroxylation is 2. The maximum absolute atomic E-state index is 5.90. The zero-order valence-electron chi connectivity index (χ0n) is 19.6. The Hall–Kier alpha value is -3.64. The summed E-state index contributed by atoms with van der Waals surface area (Å²) in [6.45, 7) is 6.89. The number of aromatic nitrogens is 2. The largest absolute Gasteiger partial charge is 0.494 e. The number of rotatable bonds is 6. The number of ether oxygens (including phenoxy) is 1. The van der Waals surface area contributed by atoms with Gasteiger partial charge in [-0.05, 0) is 105 Å². The van der Waals surface area contributed by atoms with Crippen LogP contribution in [0.3, 0.4) is 0 Å². The van der Waals surface area contributed by atoms with Crippen molar-refractivity contribution in [2.24, 2.45) is 0 Å². The van der Waals surface area contributed by atoms with E-state index in [4.69, 9.17) is 17.0 Å². The average Bonchev–Trinajstić information content (AvgIpc) is 3.44. The minimum Gasteiger partial charge on any atom is -0.494 e. The summed E-state index contributed by atoms with van der Waals surface area (Å²) in [7, 11) is 0. The third-order valence-corrected chi connectivity index (χ3v) is 6.41. The van der Waals surface area contributed by atoms with Crippen LogP contribution >= 0.6 is 12.2 Å². The maximum atomic E-state index is 5.90. The van der Waals surface area contributed by atoms with Crippen LogP contribution in [0.15, 0.2) is 85.2 Å². The number of nitrogens with one attached hydrogen (secondary N) is 1. The van der Waals surface area contributed by atoms with Crippen molar-refractivity contribution in [1.29, 1.82) is 0 Å². The molecule has 0 radical (unpaired) electrons. The minimum atomic E-state index is -0.0918. The summed E-state index contributed by atoms with van der Waals surface area (Å²) in [5.74, 6) is 0.867. The van der Waals surface area contributed by atoms with Crippen LogP contribution in [0.2, 0.25) is 0 Å². The molecule has 34 heavy (non-hydrogen) atoms. The molecule has 5 nitrogen and oxygen atoms in total. The van der Waals surface area contributed by atoms with Crippen molar-refractivity contribution >= 4 is 23.0 Å². The van der Waals surface area contributed by atoms with Gasteiger partial charge in [-0.2, -0.15) is 0 Å². The molecule has 1 fully saturated rings. The highest BCUT2D eigenvalue weighted by Crippen LogP contribution is 2.42. The molecular formula is C28H28N4OS. The van der Waals surface area contributed by atoms with Crippen LogP contribution < -0.4 is 15.0 Å². The monoisotopic (exact) mass is 468 g/mol. The van der Waals surface area contributed by atoms with Crippen molar-refractivity contribution in [2.45, 2.75) is 32.9 Å². The average molecular weight is 469 g/mol. The van der Waals surface area contributed by atoms with Crippen LogP contribution in [0.5, 0.6) is 5.75 Å². The molecule has 2 aromatic heterocycles. The van der Waals surface area contributed by atoms with Gasteiger partial charge in [0.25, 0.3) is 0 Å². The van der Waals surface area contributed by atoms with Crippen molar-refractivity contribution in [3.05, 3.63) is 108 Å². The molecule has 172 valence electrons. The predicted octanol–water partition coefficient (Wildman–Crippen LogP) is 6.06. The van der Waals surface area contributed by atoms with Gasteiger partial charge in [-0.15, -0.1) is 0 Å². The van der Waals surface area contributed by atoms with Gasteiger partial charge >= 0.3 is 0 Å². The van der Waals surface area contributed by atoms with E-state index in [9.17, 15) is 0 Å². The van der Waals surface area contributed by atoms with Gasteiger partial charge in [-0.3, -0.25) is 4.98 Å². The molecule has 2 aromatic carbocycles. The molecule has 0 bridgehead atoms. The standard InChI is InChI=1S/C28H28N4OS/c1-4-33-23-12-10-21(11-13-23)31-15-7-9-25(31)27-26(24-8-5-6-14-29-24)30-28(34)32(27)22-17-19(2)16-20(3)18-22/h5-18,26-27H,4H2,1-3H3,(H,30,34)/t26-,27-/m0/s1. The van der Waals surface area contributed by atoms with E-state index < -0.39 is 0 Å². The Morgan fingerprint density at radius 2 is 1.71 bits per heavy atom. The maximum Gasteiger partial charge on any atom is 0.174 e. The molecule has 1 aliphatic rings. The molecule has 3 heterocycles. The first-order valence-corrected chi connectivity index (χ1v) is 12.0. The fourth-order valence-electron chi connectivity index (χ4n) is 4.76. The molecule has 0 aliphatic carbocycles. The fourth-order valence-corrected chi connectivity index (χ4v) is 5.11. The van der Waals surface area contributed by atoms with E-state index in [1.807, 2.05) is 37.4 Å². The van der Waals surface area contributed by atoms with Crippen molar-refractivity contribution in [1.82, 2.24) is 14.9 Å². The number of hydrogen-bond acceptors (Lipinski definition) is 3. The lowest BCUT2D eigenvalue weighted by Crippen LogP contribution is -2.30. The third kappa shape index (κ3) is 4.17. The number of pyridine rings is 1. The zero-order valence-corrected chi connectivity index (χ0v) is 20.4. The van der Waals surface area contributed by atoms with E-state index in [1.165, 1.54) is 11.1 Å². The van der Waals surface area contributed by atoms with Gasteiger partial charge in [0.2, 0.25) is 0 Å². The Morgan fingerprint density at radius 1 is 0.941 bits per heavy atom. The Balaban J connectivity index is 1.63. The highest BCUT2D eigenvalue weighted by Gasteiger charge is 2.42. The summed E-state index contributed by atoms with van der Waals surface area (Å²) in [6.07, 6.45) is 3.93. The molecule has 1 N–H and O–H groups in total. The fraction of sp³-hybridized carbons (Fsp3) is 0.214. The number of thiocarbonyl (C=S) groups is 1. The van der Waals surface area contributed by atoms with Crippen molar-refractivity contribution < 1.29 is 4.74 Å². The first kappa shape index (κ1) is 22.2. The second kappa shape index (κ2) is 9.31. The van der Waals surface area contributed by atoms with Gasteiger partial charge in [0.1, 0.15) is 11.8 Å². The highest BCUT2D eigenvalue weighted by atomic mass is 32.1. The van der Waals surface area contributed by atoms with Gasteiger partial charge in [-0.25, -0.2) is 0 Å². The second-order valence-corrected chi connectivity index (χ2v) is 8.96. The lowest BCUT2D eigenvalue weighted by Gasteiger charge is -2.29. The zero-order chi connectivity index (χ0) is 23.7. The SMILES string of the molecule is CCOc1ccc(-n2cccc2[C@H]2[C@H](c3ccccn3)NC(=S)N2c2cc(C)cc(C)c2)cc1. The van der Waals surface area contributed by atoms with Crippen LogP contribution in [0.4, 0.5) is 5.69 Å². The van der Waals surface area contributed by atoms with Crippen LogP contribution in [0, 0.1) is 13.8 Å². The third-order valence-electron chi connectivity index (χ3n) is 6.09. The predicted molar refractivity (Wildman–Crippen MR) is 141 cm³/mol. The highest BCUT2D eigenvalue weighted by molar-refractivity contribution is 7.80. The molecule has 0 amide bonds. The van der Waals surface area contributed by atoms with Crippen molar-refractivity contribution in [2.75, 3.05) is 11.5 Å². The van der Waals surface area contributed by atoms with Crippen molar-refractivity contribution in [3.8, 4) is 11.4 Å². The Kier molecular flexibility index (Phi) is 6.07. The topological polar surface area (TPSA) is 42.3 Å². The van der Waals surface area contributed by atoms with Crippen LogP contribution in [0.25, 0.3) is 5.69 Å². The summed E-state index contributed by atoms with van der Waals surface area (Å²) >= 11 is 5.90. The lowest BCUT2D eigenvalue weighted by molar-refractivity contribution is 0.340. The molecule has 0 spiro atoms. The molecule has 6 heteroatoms. The Morgan fingerprint density at radius 3 is 2.38 bits per heavy atom. The quantitative estimate of drug-likeness (QED) is 0.348. The van der Waals surface area contributed by atoms with E-state index in [2.05, 4.69) is 88.3 Å². The molecule has 2 atom stereocenters. The summed E-state index contributed by atoms with van der Waals surface area (Å²) in [6, 6.07) is 24.9.